The number of carbonyl (C=O) groups excluding carboxylic acids is 2. The van der Waals surface area contributed by atoms with E-state index in [4.69, 9.17) is 11.6 Å². The highest BCUT2D eigenvalue weighted by Gasteiger charge is 2.29. The van der Waals surface area contributed by atoms with Crippen molar-refractivity contribution in [1.29, 1.82) is 0 Å². The Kier molecular flexibility index (Phi) is 7.77. The van der Waals surface area contributed by atoms with Crippen LogP contribution in [0.4, 0.5) is 11.4 Å². The summed E-state index contributed by atoms with van der Waals surface area (Å²) >= 11 is 5.96. The maximum Gasteiger partial charge on any atom is 0.258 e. The van der Waals surface area contributed by atoms with Crippen LogP contribution in [0.1, 0.15) is 32.6 Å². The SMILES string of the molecule is CN(C)Cc1ccc(N/C(=C2\C(=O)Nc3ccc(C(=O)NCc4ccc(Cl)cc4)cc32)c2ccccc2)cc1. The molecule has 3 N–H and O–H groups in total. The minimum atomic E-state index is -0.225. The average Bonchev–Trinajstić information content (AvgIpc) is 3.27. The minimum absolute atomic E-state index is 0.223. The lowest BCUT2D eigenvalue weighted by molar-refractivity contribution is -0.110. The normalized spacial score (nSPS) is 13.6. The second-order valence-electron chi connectivity index (χ2n) is 9.70. The molecule has 39 heavy (non-hydrogen) atoms. The van der Waals surface area contributed by atoms with Crippen LogP contribution in [0.15, 0.2) is 97.1 Å². The van der Waals surface area contributed by atoms with Crippen LogP contribution in [0.5, 0.6) is 0 Å². The molecule has 0 radical (unpaired) electrons. The molecule has 2 amide bonds. The summed E-state index contributed by atoms with van der Waals surface area (Å²) in [4.78, 5) is 28.5. The molecule has 0 unspecified atom stereocenters. The van der Waals surface area contributed by atoms with Gasteiger partial charge in [-0.1, -0.05) is 66.2 Å². The summed E-state index contributed by atoms with van der Waals surface area (Å²) < 4.78 is 0. The Morgan fingerprint density at radius 1 is 0.846 bits per heavy atom. The molecule has 4 aromatic rings. The van der Waals surface area contributed by atoms with E-state index in [9.17, 15) is 9.59 Å². The number of nitrogens with zero attached hydrogens (tertiary/aromatic N) is 1. The molecule has 0 bridgehead atoms. The number of benzene rings is 4. The van der Waals surface area contributed by atoms with Gasteiger partial charge in [0.05, 0.1) is 11.3 Å². The Labute approximate surface area is 233 Å². The molecule has 6 nitrogen and oxygen atoms in total. The zero-order chi connectivity index (χ0) is 27.4. The van der Waals surface area contributed by atoms with Crippen LogP contribution in [0, 0.1) is 0 Å². The van der Waals surface area contributed by atoms with E-state index >= 15 is 0 Å². The van der Waals surface area contributed by atoms with E-state index in [1.165, 1.54) is 5.56 Å². The third-order valence-electron chi connectivity index (χ3n) is 6.43. The third kappa shape index (κ3) is 6.20. The second-order valence-corrected chi connectivity index (χ2v) is 10.1. The number of anilines is 2. The molecule has 0 spiro atoms. The first-order chi connectivity index (χ1) is 18.9. The number of nitrogens with one attached hydrogen (secondary N) is 3. The van der Waals surface area contributed by atoms with Crippen LogP contribution < -0.4 is 16.0 Å². The van der Waals surface area contributed by atoms with E-state index in [2.05, 4.69) is 33.0 Å². The zero-order valence-corrected chi connectivity index (χ0v) is 22.5. The highest BCUT2D eigenvalue weighted by Crippen LogP contribution is 2.38. The van der Waals surface area contributed by atoms with Crippen molar-refractivity contribution in [1.82, 2.24) is 10.2 Å². The summed E-state index contributed by atoms with van der Waals surface area (Å²) in [5, 5.41) is 10.0. The van der Waals surface area contributed by atoms with Crippen molar-refractivity contribution in [2.75, 3.05) is 24.7 Å². The molecular weight excluding hydrogens is 508 g/mol. The van der Waals surface area contributed by atoms with Crippen molar-refractivity contribution < 1.29 is 9.59 Å². The molecule has 5 rings (SSSR count). The maximum absolute atomic E-state index is 13.3. The highest BCUT2D eigenvalue weighted by molar-refractivity contribution is 6.37. The summed E-state index contributed by atoms with van der Waals surface area (Å²) in [7, 11) is 4.07. The number of hydrogen-bond acceptors (Lipinski definition) is 4. The molecule has 4 aromatic carbocycles. The van der Waals surface area contributed by atoms with Crippen LogP contribution >= 0.6 is 11.6 Å². The first kappa shape index (κ1) is 26.2. The van der Waals surface area contributed by atoms with Crippen molar-refractivity contribution >= 4 is 46.1 Å². The van der Waals surface area contributed by atoms with Gasteiger partial charge in [-0.3, -0.25) is 9.59 Å². The molecule has 0 aliphatic carbocycles. The summed E-state index contributed by atoms with van der Waals surface area (Å²) in [6.45, 7) is 1.21. The van der Waals surface area contributed by atoms with Crippen molar-refractivity contribution in [2.45, 2.75) is 13.1 Å². The van der Waals surface area contributed by atoms with Crippen LogP contribution in [-0.2, 0) is 17.9 Å². The highest BCUT2D eigenvalue weighted by atomic mass is 35.5. The summed E-state index contributed by atoms with van der Waals surface area (Å²) in [5.41, 5.74) is 6.84. The van der Waals surface area contributed by atoms with Gasteiger partial charge in [-0.05, 0) is 73.3 Å². The monoisotopic (exact) mass is 536 g/mol. The van der Waals surface area contributed by atoms with E-state index in [1.54, 1.807) is 30.3 Å². The van der Waals surface area contributed by atoms with Gasteiger partial charge in [-0.15, -0.1) is 0 Å². The molecule has 1 aliphatic heterocycles. The molecule has 1 heterocycles. The number of fused-ring (bicyclic) bond motifs is 1. The Hall–Kier alpha value is -4.39. The van der Waals surface area contributed by atoms with Crippen LogP contribution in [0.25, 0.3) is 11.3 Å². The standard InChI is InChI=1S/C32H29ClN4O2/c1-37(2)20-22-10-15-26(16-11-22)35-30(23-6-4-3-5-7-23)29-27-18-24(12-17-28(27)36-32(29)39)31(38)34-19-21-8-13-25(33)14-9-21/h3-18,35H,19-20H2,1-2H3,(H,34,38)(H,36,39)/b30-29-. The Balaban J connectivity index is 1.48. The van der Waals surface area contributed by atoms with Gasteiger partial charge in [0.15, 0.2) is 0 Å². The predicted molar refractivity (Wildman–Crippen MR) is 158 cm³/mol. The smallest absolute Gasteiger partial charge is 0.258 e. The third-order valence-corrected chi connectivity index (χ3v) is 6.68. The fourth-order valence-electron chi connectivity index (χ4n) is 4.53. The fraction of sp³-hybridized carbons (Fsp3) is 0.125. The molecule has 7 heteroatoms. The first-order valence-electron chi connectivity index (χ1n) is 12.7. The minimum Gasteiger partial charge on any atom is -0.354 e. The molecule has 0 fully saturated rings. The van der Waals surface area contributed by atoms with Crippen molar-refractivity contribution in [3.63, 3.8) is 0 Å². The van der Waals surface area contributed by atoms with Gasteiger partial charge in [0.2, 0.25) is 0 Å². The first-order valence-corrected chi connectivity index (χ1v) is 13.0. The van der Waals surface area contributed by atoms with Crippen LogP contribution in [0.2, 0.25) is 5.02 Å². The lowest BCUT2D eigenvalue weighted by Crippen LogP contribution is -2.22. The number of halogens is 1. The van der Waals surface area contributed by atoms with E-state index < -0.39 is 0 Å². The van der Waals surface area contributed by atoms with Gasteiger partial charge < -0.3 is 20.9 Å². The van der Waals surface area contributed by atoms with Gasteiger partial charge in [0, 0.05) is 40.6 Å². The molecule has 196 valence electrons. The van der Waals surface area contributed by atoms with Crippen molar-refractivity contribution in [3.8, 4) is 0 Å². The molecular formula is C32H29ClN4O2. The molecule has 0 aromatic heterocycles. The summed E-state index contributed by atoms with van der Waals surface area (Å²) in [5.74, 6) is -0.448. The summed E-state index contributed by atoms with van der Waals surface area (Å²) in [6, 6.07) is 30.5. The zero-order valence-electron chi connectivity index (χ0n) is 21.8. The predicted octanol–water partition coefficient (Wildman–Crippen LogP) is 6.26. The Bertz CT molecular complexity index is 1530. The van der Waals surface area contributed by atoms with E-state index in [-0.39, 0.29) is 11.8 Å². The van der Waals surface area contributed by atoms with Gasteiger partial charge in [0.1, 0.15) is 0 Å². The number of hydrogen-bond donors (Lipinski definition) is 3. The maximum atomic E-state index is 13.3. The van der Waals surface area contributed by atoms with Crippen LogP contribution in [0.3, 0.4) is 0 Å². The van der Waals surface area contributed by atoms with Crippen LogP contribution in [-0.4, -0.2) is 30.8 Å². The number of carbonyl (C=O) groups is 2. The van der Waals surface area contributed by atoms with Crippen molar-refractivity contribution in [2.24, 2.45) is 0 Å². The number of rotatable bonds is 8. The average molecular weight is 537 g/mol. The van der Waals surface area contributed by atoms with E-state index in [0.717, 1.165) is 23.4 Å². The fourth-order valence-corrected chi connectivity index (χ4v) is 4.66. The number of amides is 2. The molecule has 0 saturated carbocycles. The van der Waals surface area contributed by atoms with E-state index in [0.29, 0.717) is 39.7 Å². The quantitative estimate of drug-likeness (QED) is 0.232. The largest absolute Gasteiger partial charge is 0.354 e. The van der Waals surface area contributed by atoms with Gasteiger partial charge in [-0.2, -0.15) is 0 Å². The lowest BCUT2D eigenvalue weighted by atomic mass is 9.98. The Morgan fingerprint density at radius 3 is 2.23 bits per heavy atom. The molecule has 0 atom stereocenters. The molecule has 1 aliphatic rings. The Morgan fingerprint density at radius 2 is 1.54 bits per heavy atom. The van der Waals surface area contributed by atoms with Crippen molar-refractivity contribution in [3.05, 3.63) is 130 Å². The van der Waals surface area contributed by atoms with Gasteiger partial charge in [-0.25, -0.2) is 0 Å². The van der Waals surface area contributed by atoms with Gasteiger partial charge in [0.25, 0.3) is 11.8 Å². The second kappa shape index (κ2) is 11.6. The summed E-state index contributed by atoms with van der Waals surface area (Å²) in [6.07, 6.45) is 0. The lowest BCUT2D eigenvalue weighted by Gasteiger charge is -2.16. The molecule has 0 saturated heterocycles. The topological polar surface area (TPSA) is 73.5 Å². The van der Waals surface area contributed by atoms with Gasteiger partial charge >= 0.3 is 0 Å². The van der Waals surface area contributed by atoms with E-state index in [1.807, 2.05) is 68.7 Å².